The first-order valence-electron chi connectivity index (χ1n) is 10.4. The summed E-state index contributed by atoms with van der Waals surface area (Å²) in [4.78, 5) is 44.6. The Kier molecular flexibility index (Phi) is 5.19. The van der Waals surface area contributed by atoms with Gasteiger partial charge in [-0.1, -0.05) is 25.3 Å². The molecule has 160 valence electrons. The first-order chi connectivity index (χ1) is 15.1. The number of rotatable bonds is 4. The third-order valence-electron chi connectivity index (χ3n) is 5.86. The van der Waals surface area contributed by atoms with Crippen molar-refractivity contribution >= 4 is 39.1 Å². The van der Waals surface area contributed by atoms with Crippen molar-refractivity contribution in [2.45, 2.75) is 44.6 Å². The third-order valence-corrected chi connectivity index (χ3v) is 6.75. The number of aromatic amines is 1. The summed E-state index contributed by atoms with van der Waals surface area (Å²) in [5.41, 5.74) is 2.17. The molecule has 2 aromatic heterocycles. The highest BCUT2D eigenvalue weighted by molar-refractivity contribution is 7.16. The summed E-state index contributed by atoms with van der Waals surface area (Å²) in [6, 6.07) is 5.31. The van der Waals surface area contributed by atoms with Gasteiger partial charge in [-0.05, 0) is 47.4 Å². The van der Waals surface area contributed by atoms with Gasteiger partial charge < -0.3 is 20.4 Å². The van der Waals surface area contributed by atoms with Crippen LogP contribution in [0.15, 0.2) is 28.4 Å². The Morgan fingerprint density at radius 1 is 1.23 bits per heavy atom. The number of fused-ring (bicyclic) bond motifs is 2. The van der Waals surface area contributed by atoms with Gasteiger partial charge in [0, 0.05) is 6.54 Å². The topological polar surface area (TPSA) is 113 Å². The molecule has 9 heteroatoms. The smallest absolute Gasteiger partial charge is 0.287 e. The molecular formula is C22H22N4O4S. The molecule has 1 aromatic carbocycles. The predicted molar refractivity (Wildman–Crippen MR) is 118 cm³/mol. The zero-order valence-corrected chi connectivity index (χ0v) is 17.6. The van der Waals surface area contributed by atoms with Crippen LogP contribution in [0.3, 0.4) is 0 Å². The summed E-state index contributed by atoms with van der Waals surface area (Å²) in [7, 11) is 0. The Morgan fingerprint density at radius 2 is 2.06 bits per heavy atom. The number of benzene rings is 1. The molecule has 1 fully saturated rings. The highest BCUT2D eigenvalue weighted by atomic mass is 32.1. The van der Waals surface area contributed by atoms with Gasteiger partial charge in [0.05, 0.1) is 11.1 Å². The number of thiophene rings is 1. The van der Waals surface area contributed by atoms with Gasteiger partial charge in [0.25, 0.3) is 17.4 Å². The molecule has 0 saturated heterocycles. The van der Waals surface area contributed by atoms with Gasteiger partial charge in [-0.3, -0.25) is 14.4 Å². The molecule has 0 atom stereocenters. The Hall–Kier alpha value is -3.20. The Labute approximate surface area is 182 Å². The normalized spacial score (nSPS) is 16.5. The second-order valence-corrected chi connectivity index (χ2v) is 8.83. The first-order valence-corrected chi connectivity index (χ1v) is 11.3. The van der Waals surface area contributed by atoms with E-state index in [-0.39, 0.29) is 30.4 Å². The highest BCUT2D eigenvalue weighted by Crippen LogP contribution is 2.37. The van der Waals surface area contributed by atoms with Gasteiger partial charge in [0.2, 0.25) is 5.82 Å². The average molecular weight is 439 g/mol. The molecule has 2 amide bonds. The zero-order chi connectivity index (χ0) is 21.4. The van der Waals surface area contributed by atoms with Gasteiger partial charge in [0.1, 0.15) is 10.6 Å². The highest BCUT2D eigenvalue weighted by Gasteiger charge is 2.22. The number of aromatic nitrogens is 2. The second-order valence-electron chi connectivity index (χ2n) is 7.97. The van der Waals surface area contributed by atoms with E-state index in [0.29, 0.717) is 27.6 Å². The molecule has 0 spiro atoms. The largest absolute Gasteiger partial charge is 0.482 e. The monoisotopic (exact) mass is 438 g/mol. The van der Waals surface area contributed by atoms with Crippen LogP contribution >= 0.6 is 11.3 Å². The summed E-state index contributed by atoms with van der Waals surface area (Å²) < 4.78 is 5.34. The van der Waals surface area contributed by atoms with E-state index in [4.69, 9.17) is 4.74 Å². The Morgan fingerprint density at radius 3 is 2.90 bits per heavy atom. The van der Waals surface area contributed by atoms with Crippen LogP contribution < -0.4 is 20.9 Å². The van der Waals surface area contributed by atoms with Crippen LogP contribution in [0.4, 0.5) is 5.69 Å². The number of hydrogen-bond donors (Lipinski definition) is 3. The number of anilines is 1. The maximum atomic E-state index is 12.8. The van der Waals surface area contributed by atoms with Gasteiger partial charge in [0.15, 0.2) is 6.61 Å². The Bertz CT molecular complexity index is 1230. The molecular weight excluding hydrogens is 416 g/mol. The molecule has 31 heavy (non-hydrogen) atoms. The lowest BCUT2D eigenvalue weighted by molar-refractivity contribution is -0.118. The second kappa shape index (κ2) is 8.14. The van der Waals surface area contributed by atoms with E-state index in [9.17, 15) is 14.4 Å². The van der Waals surface area contributed by atoms with Crippen LogP contribution in [0, 0.1) is 0 Å². The van der Waals surface area contributed by atoms with E-state index in [1.165, 1.54) is 30.6 Å². The van der Waals surface area contributed by atoms with Crippen molar-refractivity contribution in [1.82, 2.24) is 15.3 Å². The van der Waals surface area contributed by atoms with Crippen LogP contribution in [0.25, 0.3) is 10.2 Å². The number of hydrogen-bond acceptors (Lipinski definition) is 6. The summed E-state index contributed by atoms with van der Waals surface area (Å²) in [6.07, 6.45) is 5.82. The van der Waals surface area contributed by atoms with Crippen molar-refractivity contribution in [2.24, 2.45) is 0 Å². The summed E-state index contributed by atoms with van der Waals surface area (Å²) in [5.74, 6) is 0.331. The van der Waals surface area contributed by atoms with Crippen LogP contribution in [-0.4, -0.2) is 28.4 Å². The Balaban J connectivity index is 1.33. The van der Waals surface area contributed by atoms with E-state index in [2.05, 4.69) is 20.6 Å². The fourth-order valence-electron chi connectivity index (χ4n) is 4.30. The summed E-state index contributed by atoms with van der Waals surface area (Å²) >= 11 is 1.42. The van der Waals surface area contributed by atoms with E-state index < -0.39 is 5.91 Å². The number of ether oxygens (including phenoxy) is 1. The molecule has 0 radical (unpaired) electrons. The van der Waals surface area contributed by atoms with Gasteiger partial charge in [-0.15, -0.1) is 11.3 Å². The van der Waals surface area contributed by atoms with Crippen molar-refractivity contribution in [3.63, 3.8) is 0 Å². The van der Waals surface area contributed by atoms with Crippen LogP contribution in [-0.2, 0) is 11.3 Å². The molecule has 3 aromatic rings. The van der Waals surface area contributed by atoms with Gasteiger partial charge in [-0.2, -0.15) is 0 Å². The molecule has 2 aliphatic rings. The van der Waals surface area contributed by atoms with E-state index in [1.54, 1.807) is 12.1 Å². The van der Waals surface area contributed by atoms with Crippen LogP contribution in [0.2, 0.25) is 0 Å². The maximum absolute atomic E-state index is 12.8. The SMILES string of the molecule is O=C1COc2ccc(CNC(=O)c3nc4scc(C5CCCCC5)c4c(=O)[nH]3)cc2N1. The van der Waals surface area contributed by atoms with Crippen molar-refractivity contribution in [3.05, 3.63) is 50.9 Å². The lowest BCUT2D eigenvalue weighted by Crippen LogP contribution is -2.28. The molecule has 1 aliphatic carbocycles. The average Bonchev–Trinajstić information content (AvgIpc) is 3.22. The van der Waals surface area contributed by atoms with E-state index in [1.807, 2.05) is 11.4 Å². The standard InChI is InChI=1S/C22H22N4O4S/c27-17-10-30-16-7-6-12(8-15(16)24-17)9-23-21(29)19-25-20(28)18-14(11-31-22(18)26-19)13-4-2-1-3-5-13/h6-8,11,13H,1-5,9-10H2,(H,23,29)(H,24,27)(H,25,26,28). The molecule has 1 saturated carbocycles. The quantitative estimate of drug-likeness (QED) is 0.579. The van der Waals surface area contributed by atoms with Crippen LogP contribution in [0.1, 0.15) is 59.8 Å². The minimum absolute atomic E-state index is 0.00383. The van der Waals surface area contributed by atoms with Crippen molar-refractivity contribution in [1.29, 1.82) is 0 Å². The zero-order valence-electron chi connectivity index (χ0n) is 16.8. The minimum atomic E-state index is -0.454. The number of nitrogens with one attached hydrogen (secondary N) is 3. The molecule has 0 unspecified atom stereocenters. The van der Waals surface area contributed by atoms with Gasteiger partial charge >= 0.3 is 0 Å². The van der Waals surface area contributed by atoms with Crippen molar-refractivity contribution in [2.75, 3.05) is 11.9 Å². The molecule has 8 nitrogen and oxygen atoms in total. The summed E-state index contributed by atoms with van der Waals surface area (Å²) in [5, 5.41) is 8.16. The molecule has 1 aliphatic heterocycles. The van der Waals surface area contributed by atoms with Crippen molar-refractivity contribution < 1.29 is 14.3 Å². The number of H-pyrrole nitrogens is 1. The van der Waals surface area contributed by atoms with E-state index in [0.717, 1.165) is 24.0 Å². The fraction of sp³-hybridized carbons (Fsp3) is 0.364. The van der Waals surface area contributed by atoms with Gasteiger partial charge in [-0.25, -0.2) is 4.98 Å². The minimum Gasteiger partial charge on any atom is -0.482 e. The number of carbonyl (C=O) groups is 2. The summed E-state index contributed by atoms with van der Waals surface area (Å²) in [6.45, 7) is 0.220. The fourth-order valence-corrected chi connectivity index (χ4v) is 5.32. The maximum Gasteiger partial charge on any atom is 0.287 e. The van der Waals surface area contributed by atoms with Crippen LogP contribution in [0.5, 0.6) is 5.75 Å². The number of nitrogens with zero attached hydrogens (tertiary/aromatic N) is 1. The van der Waals surface area contributed by atoms with Crippen molar-refractivity contribution in [3.8, 4) is 5.75 Å². The number of carbonyl (C=O) groups excluding carboxylic acids is 2. The predicted octanol–water partition coefficient (Wildman–Crippen LogP) is 3.29. The molecule has 3 heterocycles. The number of amides is 2. The third kappa shape index (κ3) is 3.93. The molecule has 5 rings (SSSR count). The molecule has 3 N–H and O–H groups in total. The lowest BCUT2D eigenvalue weighted by Gasteiger charge is -2.20. The lowest BCUT2D eigenvalue weighted by atomic mass is 9.84. The van der Waals surface area contributed by atoms with E-state index >= 15 is 0 Å². The molecule has 0 bridgehead atoms. The first kappa shape index (κ1) is 19.7.